The van der Waals surface area contributed by atoms with Gasteiger partial charge in [0.2, 0.25) is 5.91 Å². The van der Waals surface area contributed by atoms with E-state index in [9.17, 15) is 9.59 Å². The molecule has 0 unspecified atom stereocenters. The van der Waals surface area contributed by atoms with Crippen LogP contribution in [0.15, 0.2) is 12.3 Å². The van der Waals surface area contributed by atoms with Crippen molar-refractivity contribution in [3.63, 3.8) is 0 Å². The van der Waals surface area contributed by atoms with Gasteiger partial charge in [0.25, 0.3) is 5.91 Å². The third-order valence-corrected chi connectivity index (χ3v) is 3.99. The molecule has 120 valence electrons. The summed E-state index contributed by atoms with van der Waals surface area (Å²) in [6.45, 7) is 4.47. The fourth-order valence-electron chi connectivity index (χ4n) is 2.48. The number of rotatable bonds is 2. The van der Waals surface area contributed by atoms with Crippen LogP contribution in [0.25, 0.3) is 0 Å². The smallest absolute Gasteiger partial charge is 0.254 e. The molecule has 0 aromatic carbocycles. The maximum atomic E-state index is 11.9. The number of amides is 2. The first-order chi connectivity index (χ1) is 10.4. The molecule has 2 amide bonds. The van der Waals surface area contributed by atoms with Crippen LogP contribution in [0.3, 0.4) is 0 Å². The molecule has 0 saturated carbocycles. The minimum Gasteiger partial charge on any atom is -0.354 e. The predicted octanol–water partition coefficient (Wildman–Crippen LogP) is 1.50. The van der Waals surface area contributed by atoms with Crippen LogP contribution < -0.4 is 4.90 Å². The zero-order valence-corrected chi connectivity index (χ0v) is 13.9. The Bertz CT molecular complexity index is 577. The first kappa shape index (κ1) is 16.5. The second kappa shape index (κ2) is 6.96. The van der Waals surface area contributed by atoms with E-state index in [0.717, 1.165) is 19.5 Å². The van der Waals surface area contributed by atoms with Gasteiger partial charge in [-0.25, -0.2) is 4.98 Å². The molecule has 0 atom stereocenters. The Balaban J connectivity index is 2.16. The molecule has 0 spiro atoms. The van der Waals surface area contributed by atoms with E-state index in [-0.39, 0.29) is 11.8 Å². The highest BCUT2D eigenvalue weighted by Crippen LogP contribution is 2.25. The maximum Gasteiger partial charge on any atom is 0.254 e. The highest BCUT2D eigenvalue weighted by Gasteiger charge is 2.20. The fraction of sp³-hybridized carbons (Fsp3) is 0.533. The van der Waals surface area contributed by atoms with Crippen molar-refractivity contribution in [2.75, 3.05) is 45.2 Å². The standard InChI is InChI=1S/C15H21ClN4O2/c1-11(21)19-5-4-6-20(8-7-19)14-13(16)9-12(10-17-14)15(22)18(2)3/h9-10H,4-8H2,1-3H3. The number of hydrogen-bond donors (Lipinski definition) is 0. The molecule has 7 heteroatoms. The molecule has 22 heavy (non-hydrogen) atoms. The third kappa shape index (κ3) is 3.68. The van der Waals surface area contributed by atoms with Crippen molar-refractivity contribution in [2.45, 2.75) is 13.3 Å². The summed E-state index contributed by atoms with van der Waals surface area (Å²) in [5, 5.41) is 0.462. The number of anilines is 1. The van der Waals surface area contributed by atoms with Crippen LogP contribution >= 0.6 is 11.6 Å². The number of nitrogens with zero attached hydrogens (tertiary/aromatic N) is 4. The van der Waals surface area contributed by atoms with Gasteiger partial charge in [0.1, 0.15) is 5.82 Å². The molecule has 1 aliphatic heterocycles. The van der Waals surface area contributed by atoms with Crippen LogP contribution in [0.4, 0.5) is 5.82 Å². The van der Waals surface area contributed by atoms with Crippen LogP contribution in [0.1, 0.15) is 23.7 Å². The lowest BCUT2D eigenvalue weighted by atomic mass is 10.2. The molecule has 1 aromatic heterocycles. The average Bonchev–Trinajstić information content (AvgIpc) is 2.72. The van der Waals surface area contributed by atoms with Crippen molar-refractivity contribution in [2.24, 2.45) is 0 Å². The van der Waals surface area contributed by atoms with Crippen molar-refractivity contribution in [3.05, 3.63) is 22.8 Å². The van der Waals surface area contributed by atoms with Crippen LogP contribution in [0.5, 0.6) is 0 Å². The lowest BCUT2D eigenvalue weighted by Gasteiger charge is -2.23. The van der Waals surface area contributed by atoms with E-state index in [0.29, 0.717) is 29.5 Å². The molecule has 0 N–H and O–H groups in total. The number of hydrogen-bond acceptors (Lipinski definition) is 4. The summed E-state index contributed by atoms with van der Waals surface area (Å²) in [6, 6.07) is 1.65. The first-order valence-corrected chi connectivity index (χ1v) is 7.65. The molecule has 1 saturated heterocycles. The van der Waals surface area contributed by atoms with Crippen LogP contribution in [0.2, 0.25) is 5.02 Å². The number of halogens is 1. The predicted molar refractivity (Wildman–Crippen MR) is 86.3 cm³/mol. The molecule has 0 bridgehead atoms. The van der Waals surface area contributed by atoms with Gasteiger partial charge in [-0.3, -0.25) is 9.59 Å². The summed E-state index contributed by atoms with van der Waals surface area (Å²) in [7, 11) is 3.38. The number of aromatic nitrogens is 1. The third-order valence-electron chi connectivity index (χ3n) is 3.72. The van der Waals surface area contributed by atoms with Crippen molar-refractivity contribution < 1.29 is 9.59 Å². The Morgan fingerprint density at radius 2 is 1.95 bits per heavy atom. The van der Waals surface area contributed by atoms with Gasteiger partial charge in [0.15, 0.2) is 0 Å². The summed E-state index contributed by atoms with van der Waals surface area (Å²) in [4.78, 5) is 33.1. The Kier molecular flexibility index (Phi) is 5.24. The highest BCUT2D eigenvalue weighted by atomic mass is 35.5. The van der Waals surface area contributed by atoms with Crippen LogP contribution in [-0.4, -0.2) is 66.9 Å². The van der Waals surface area contributed by atoms with Crippen LogP contribution in [-0.2, 0) is 4.79 Å². The van der Waals surface area contributed by atoms with Crippen LogP contribution in [0, 0.1) is 0 Å². The van der Waals surface area contributed by atoms with Gasteiger partial charge in [0.05, 0.1) is 10.6 Å². The normalized spacial score (nSPS) is 15.5. The van der Waals surface area contributed by atoms with E-state index in [1.54, 1.807) is 33.3 Å². The van der Waals surface area contributed by atoms with Crippen molar-refractivity contribution in [1.29, 1.82) is 0 Å². The monoisotopic (exact) mass is 324 g/mol. The molecule has 0 aliphatic carbocycles. The molecule has 0 radical (unpaired) electrons. The highest BCUT2D eigenvalue weighted by molar-refractivity contribution is 6.33. The average molecular weight is 325 g/mol. The fourth-order valence-corrected chi connectivity index (χ4v) is 2.77. The minimum atomic E-state index is -0.125. The van der Waals surface area contributed by atoms with Gasteiger partial charge >= 0.3 is 0 Å². The van der Waals surface area contributed by atoms with Gasteiger partial charge in [0, 0.05) is 53.4 Å². The molecule has 6 nitrogen and oxygen atoms in total. The molecule has 1 aromatic rings. The first-order valence-electron chi connectivity index (χ1n) is 7.28. The Labute approximate surface area is 135 Å². The van der Waals surface area contributed by atoms with Crippen molar-refractivity contribution >= 4 is 29.2 Å². The summed E-state index contributed by atoms with van der Waals surface area (Å²) in [5.41, 5.74) is 0.471. The van der Waals surface area contributed by atoms with Gasteiger partial charge in [-0.2, -0.15) is 0 Å². The topological polar surface area (TPSA) is 56.8 Å². The molecule has 2 heterocycles. The van der Waals surface area contributed by atoms with Crippen molar-refractivity contribution in [1.82, 2.24) is 14.8 Å². The van der Waals surface area contributed by atoms with E-state index in [1.165, 1.54) is 4.90 Å². The second-order valence-electron chi connectivity index (χ2n) is 5.58. The summed E-state index contributed by atoms with van der Waals surface area (Å²) < 4.78 is 0. The van der Waals surface area contributed by atoms with E-state index in [2.05, 4.69) is 9.88 Å². The van der Waals surface area contributed by atoms with Gasteiger partial charge in [-0.15, -0.1) is 0 Å². The molecular formula is C15H21ClN4O2. The van der Waals surface area contributed by atoms with Gasteiger partial charge in [-0.1, -0.05) is 11.6 Å². The lowest BCUT2D eigenvalue weighted by Crippen LogP contribution is -2.34. The number of carbonyl (C=O) groups is 2. The lowest BCUT2D eigenvalue weighted by molar-refractivity contribution is -0.128. The Morgan fingerprint density at radius 3 is 2.55 bits per heavy atom. The van der Waals surface area contributed by atoms with Gasteiger partial charge < -0.3 is 14.7 Å². The SMILES string of the molecule is CC(=O)N1CCCN(c2ncc(C(=O)N(C)C)cc2Cl)CC1. The zero-order chi connectivity index (χ0) is 16.3. The molecule has 1 aliphatic rings. The summed E-state index contributed by atoms with van der Waals surface area (Å²) >= 11 is 6.31. The maximum absolute atomic E-state index is 11.9. The zero-order valence-electron chi connectivity index (χ0n) is 13.2. The second-order valence-corrected chi connectivity index (χ2v) is 5.98. The van der Waals surface area contributed by atoms with E-state index < -0.39 is 0 Å². The summed E-state index contributed by atoms with van der Waals surface area (Å²) in [6.07, 6.45) is 2.42. The molecular weight excluding hydrogens is 304 g/mol. The molecule has 1 fully saturated rings. The largest absolute Gasteiger partial charge is 0.354 e. The van der Waals surface area contributed by atoms with Gasteiger partial charge in [-0.05, 0) is 12.5 Å². The van der Waals surface area contributed by atoms with Crippen molar-refractivity contribution in [3.8, 4) is 0 Å². The number of pyridine rings is 1. The Morgan fingerprint density at radius 1 is 1.23 bits per heavy atom. The minimum absolute atomic E-state index is 0.0906. The van der Waals surface area contributed by atoms with E-state index in [1.807, 2.05) is 4.90 Å². The van der Waals surface area contributed by atoms with E-state index >= 15 is 0 Å². The molecule has 2 rings (SSSR count). The quantitative estimate of drug-likeness (QED) is 0.827. The Hall–Kier alpha value is -1.82. The summed E-state index contributed by atoms with van der Waals surface area (Å²) in [5.74, 6) is 0.634. The van der Waals surface area contributed by atoms with E-state index in [4.69, 9.17) is 11.6 Å². The number of carbonyl (C=O) groups excluding carboxylic acids is 2.